The SMILES string of the molecule is [S-]c1ccccc1.[S-]c1ccccc1.[Zr+2]. The van der Waals surface area contributed by atoms with E-state index < -0.39 is 0 Å². The van der Waals surface area contributed by atoms with Crippen molar-refractivity contribution in [1.82, 2.24) is 0 Å². The molecule has 0 bridgehead atoms. The van der Waals surface area contributed by atoms with Crippen molar-refractivity contribution < 1.29 is 26.2 Å². The van der Waals surface area contributed by atoms with Gasteiger partial charge in [0.15, 0.2) is 0 Å². The van der Waals surface area contributed by atoms with E-state index in [0.717, 1.165) is 9.79 Å². The Morgan fingerprint density at radius 3 is 0.933 bits per heavy atom. The molecule has 0 aliphatic carbocycles. The molecule has 0 saturated carbocycles. The Kier molecular flexibility index (Phi) is 8.88. The van der Waals surface area contributed by atoms with Crippen LogP contribution in [0.15, 0.2) is 70.5 Å². The maximum absolute atomic E-state index is 4.81. The van der Waals surface area contributed by atoms with Crippen LogP contribution in [-0.4, -0.2) is 0 Å². The molecule has 0 aliphatic heterocycles. The summed E-state index contributed by atoms with van der Waals surface area (Å²) in [7, 11) is 0. The van der Waals surface area contributed by atoms with Gasteiger partial charge in [-0.2, -0.15) is 9.79 Å². The fourth-order valence-electron chi connectivity index (χ4n) is 0.841. The number of rotatable bonds is 0. The van der Waals surface area contributed by atoms with E-state index in [2.05, 4.69) is 0 Å². The van der Waals surface area contributed by atoms with Crippen LogP contribution in [0.4, 0.5) is 0 Å². The van der Waals surface area contributed by atoms with Gasteiger partial charge in [-0.3, -0.25) is 0 Å². The first-order valence-electron chi connectivity index (χ1n) is 4.23. The monoisotopic (exact) mass is 308 g/mol. The van der Waals surface area contributed by atoms with Crippen LogP contribution in [0.5, 0.6) is 0 Å². The molecular formula is C12H10S2Zr. The first kappa shape index (κ1) is 14.8. The average Bonchev–Trinajstić information content (AvgIpc) is 2.21. The van der Waals surface area contributed by atoms with Gasteiger partial charge in [0.2, 0.25) is 0 Å². The molecule has 74 valence electrons. The summed E-state index contributed by atoms with van der Waals surface area (Å²) in [6.45, 7) is 0. The first-order chi connectivity index (χ1) is 6.79. The number of benzene rings is 2. The molecule has 2 aromatic carbocycles. The molecule has 3 heteroatoms. The maximum Gasteiger partial charge on any atom is 2.00 e. The minimum Gasteiger partial charge on any atom is -0.780 e. The maximum atomic E-state index is 4.81. The largest absolute Gasteiger partial charge is 2.00 e. The Balaban J connectivity index is 0.000000245. The normalized spacial score (nSPS) is 8.00. The molecule has 0 nitrogen and oxygen atoms in total. The molecule has 0 amide bonds. The van der Waals surface area contributed by atoms with E-state index in [0.29, 0.717) is 0 Å². The molecule has 15 heavy (non-hydrogen) atoms. The fraction of sp³-hybridized carbons (Fsp3) is 0. The van der Waals surface area contributed by atoms with Gasteiger partial charge in [-0.05, 0) is 0 Å². The Hall–Kier alpha value is -0.237. The van der Waals surface area contributed by atoms with E-state index in [1.165, 1.54) is 0 Å². The molecule has 0 heterocycles. The van der Waals surface area contributed by atoms with E-state index in [9.17, 15) is 0 Å². The Bertz CT molecular complexity index is 311. The van der Waals surface area contributed by atoms with Crippen molar-refractivity contribution in [2.45, 2.75) is 9.79 Å². The van der Waals surface area contributed by atoms with Crippen LogP contribution in [0.25, 0.3) is 0 Å². The molecule has 0 fully saturated rings. The van der Waals surface area contributed by atoms with Gasteiger partial charge in [-0.25, -0.2) is 0 Å². The topological polar surface area (TPSA) is 0 Å². The van der Waals surface area contributed by atoms with Crippen molar-refractivity contribution in [3.63, 3.8) is 0 Å². The molecule has 2 rings (SSSR count). The quantitative estimate of drug-likeness (QED) is 0.686. The van der Waals surface area contributed by atoms with E-state index in [-0.39, 0.29) is 26.2 Å². The summed E-state index contributed by atoms with van der Waals surface area (Å²) in [6.07, 6.45) is 0. The van der Waals surface area contributed by atoms with E-state index in [4.69, 9.17) is 25.3 Å². The molecule has 0 unspecified atom stereocenters. The van der Waals surface area contributed by atoms with E-state index in [1.54, 1.807) is 0 Å². The van der Waals surface area contributed by atoms with Crippen molar-refractivity contribution in [3.05, 3.63) is 60.7 Å². The zero-order chi connectivity index (χ0) is 10.2. The van der Waals surface area contributed by atoms with Gasteiger partial charge in [0.25, 0.3) is 0 Å². The van der Waals surface area contributed by atoms with Crippen molar-refractivity contribution in [2.75, 3.05) is 0 Å². The third-order valence-corrected chi connectivity index (χ3v) is 2.03. The van der Waals surface area contributed by atoms with Gasteiger partial charge in [0, 0.05) is 0 Å². The predicted octanol–water partition coefficient (Wildman–Crippen LogP) is 3.18. The van der Waals surface area contributed by atoms with Gasteiger partial charge < -0.3 is 25.3 Å². The first-order valence-corrected chi connectivity index (χ1v) is 5.05. The average molecular weight is 310 g/mol. The van der Waals surface area contributed by atoms with Crippen molar-refractivity contribution in [1.29, 1.82) is 0 Å². The molecule has 0 radical (unpaired) electrons. The van der Waals surface area contributed by atoms with Gasteiger partial charge in [-0.1, -0.05) is 60.7 Å². The molecule has 0 aromatic heterocycles. The van der Waals surface area contributed by atoms with Crippen LogP contribution < -0.4 is 0 Å². The van der Waals surface area contributed by atoms with E-state index in [1.807, 2.05) is 60.7 Å². The van der Waals surface area contributed by atoms with Gasteiger partial charge >= 0.3 is 26.2 Å². The summed E-state index contributed by atoms with van der Waals surface area (Å²) >= 11 is 9.62. The molecule has 0 N–H and O–H groups in total. The summed E-state index contributed by atoms with van der Waals surface area (Å²) < 4.78 is 0. The van der Waals surface area contributed by atoms with Crippen molar-refractivity contribution in [3.8, 4) is 0 Å². The van der Waals surface area contributed by atoms with Gasteiger partial charge in [0.05, 0.1) is 0 Å². The Morgan fingerprint density at radius 2 is 0.800 bits per heavy atom. The van der Waals surface area contributed by atoms with Crippen LogP contribution in [0.1, 0.15) is 0 Å². The molecule has 0 saturated heterocycles. The van der Waals surface area contributed by atoms with Crippen LogP contribution in [-0.2, 0) is 51.5 Å². The molecule has 0 atom stereocenters. The second kappa shape index (κ2) is 9.02. The van der Waals surface area contributed by atoms with Crippen LogP contribution >= 0.6 is 0 Å². The van der Waals surface area contributed by atoms with Crippen LogP contribution in [0.2, 0.25) is 0 Å². The number of hydrogen-bond donors (Lipinski definition) is 0. The molecule has 0 aliphatic rings. The standard InChI is InChI=1S/2C6H6S.Zr/c2*7-6-4-2-1-3-5-6;/h2*1-5,7H;/q;;+2/p-2. The van der Waals surface area contributed by atoms with Crippen LogP contribution in [0, 0.1) is 0 Å². The van der Waals surface area contributed by atoms with Gasteiger partial charge in [0.1, 0.15) is 0 Å². The minimum atomic E-state index is 0. The minimum absolute atomic E-state index is 0. The smallest absolute Gasteiger partial charge is 0.780 e. The Morgan fingerprint density at radius 1 is 0.533 bits per heavy atom. The second-order valence-electron chi connectivity index (χ2n) is 2.63. The zero-order valence-electron chi connectivity index (χ0n) is 8.09. The zero-order valence-corrected chi connectivity index (χ0v) is 12.2. The predicted molar refractivity (Wildman–Crippen MR) is 64.1 cm³/mol. The molecular weight excluding hydrogens is 299 g/mol. The third-order valence-electron chi connectivity index (χ3n) is 1.49. The van der Waals surface area contributed by atoms with Crippen molar-refractivity contribution in [2.24, 2.45) is 0 Å². The summed E-state index contributed by atoms with van der Waals surface area (Å²) in [5.74, 6) is 0. The molecule has 2 aromatic rings. The third kappa shape index (κ3) is 7.66. The van der Waals surface area contributed by atoms with Crippen LogP contribution in [0.3, 0.4) is 0 Å². The van der Waals surface area contributed by atoms with Crippen molar-refractivity contribution >= 4 is 25.3 Å². The molecule has 0 spiro atoms. The number of hydrogen-bond acceptors (Lipinski definition) is 2. The summed E-state index contributed by atoms with van der Waals surface area (Å²) in [6, 6.07) is 19.2. The Labute approximate surface area is 121 Å². The summed E-state index contributed by atoms with van der Waals surface area (Å²) in [5, 5.41) is 0. The summed E-state index contributed by atoms with van der Waals surface area (Å²) in [5.41, 5.74) is 0. The summed E-state index contributed by atoms with van der Waals surface area (Å²) in [4.78, 5) is 1.81. The van der Waals surface area contributed by atoms with E-state index >= 15 is 0 Å². The fourth-order valence-corrected chi connectivity index (χ4v) is 1.16. The second-order valence-corrected chi connectivity index (χ2v) is 3.57. The van der Waals surface area contributed by atoms with Gasteiger partial charge in [-0.15, -0.1) is 0 Å².